The predicted octanol–water partition coefficient (Wildman–Crippen LogP) is 4.19. The van der Waals surface area contributed by atoms with Crippen LogP contribution >= 0.6 is 0 Å². The number of nitrogens with one attached hydrogen (secondary N) is 2. The number of carbonyl (C=O) groups excluding carboxylic acids is 2. The van der Waals surface area contributed by atoms with E-state index in [-0.39, 0.29) is 18.3 Å². The first-order valence-electron chi connectivity index (χ1n) is 11.0. The van der Waals surface area contributed by atoms with Gasteiger partial charge in [-0.2, -0.15) is 13.2 Å². The number of carbonyl (C=O) groups is 2. The summed E-state index contributed by atoms with van der Waals surface area (Å²) < 4.78 is 39.2. The molecule has 0 spiro atoms. The molecule has 0 bridgehead atoms. The summed E-state index contributed by atoms with van der Waals surface area (Å²) in [7, 11) is 0. The predicted molar refractivity (Wildman–Crippen MR) is 115 cm³/mol. The van der Waals surface area contributed by atoms with Crippen LogP contribution in [0.15, 0.2) is 24.3 Å². The molecular weight excluding hydrogens is 409 g/mol. The van der Waals surface area contributed by atoms with Gasteiger partial charge in [0.1, 0.15) is 0 Å². The number of piperazine rings is 1. The molecule has 0 radical (unpaired) electrons. The zero-order chi connectivity index (χ0) is 22.9. The van der Waals surface area contributed by atoms with Crippen molar-refractivity contribution in [2.24, 2.45) is 5.92 Å². The Kier molecular flexibility index (Phi) is 9.61. The molecule has 0 aromatic heterocycles. The molecule has 0 saturated carbocycles. The maximum Gasteiger partial charge on any atom is 0.418 e. The number of urea groups is 1. The lowest BCUT2D eigenvalue weighted by atomic mass is 9.99. The van der Waals surface area contributed by atoms with Crippen LogP contribution in [-0.4, -0.2) is 61.0 Å². The minimum absolute atomic E-state index is 0.0173. The second kappa shape index (κ2) is 11.9. The van der Waals surface area contributed by atoms with Gasteiger partial charge in [0.05, 0.1) is 17.8 Å². The number of alkyl halides is 3. The van der Waals surface area contributed by atoms with Crippen molar-refractivity contribution in [1.29, 1.82) is 0 Å². The van der Waals surface area contributed by atoms with Gasteiger partial charge in [-0.15, -0.1) is 0 Å². The smallest absolute Gasteiger partial charge is 0.338 e. The van der Waals surface area contributed by atoms with E-state index in [0.29, 0.717) is 38.6 Å². The number of unbranched alkanes of at least 4 members (excludes halogenated alkanes) is 1. The van der Waals surface area contributed by atoms with Crippen LogP contribution in [0.1, 0.15) is 45.1 Å². The maximum atomic E-state index is 13.1. The van der Waals surface area contributed by atoms with Crippen LogP contribution in [0.3, 0.4) is 0 Å². The molecule has 1 aliphatic heterocycles. The molecule has 174 valence electrons. The minimum atomic E-state index is -4.53. The van der Waals surface area contributed by atoms with Crippen molar-refractivity contribution in [1.82, 2.24) is 15.1 Å². The Balaban J connectivity index is 1.77. The lowest BCUT2D eigenvalue weighted by molar-refractivity contribution is -0.137. The first-order valence-corrected chi connectivity index (χ1v) is 11.0. The summed E-state index contributed by atoms with van der Waals surface area (Å²) in [6, 6.07) is 4.83. The van der Waals surface area contributed by atoms with Crippen molar-refractivity contribution < 1.29 is 22.8 Å². The van der Waals surface area contributed by atoms with Gasteiger partial charge in [-0.3, -0.25) is 9.69 Å². The summed E-state index contributed by atoms with van der Waals surface area (Å²) in [6.45, 7) is 6.87. The van der Waals surface area contributed by atoms with Gasteiger partial charge in [0.25, 0.3) is 0 Å². The van der Waals surface area contributed by atoms with E-state index in [1.165, 1.54) is 18.2 Å². The molecule has 1 heterocycles. The van der Waals surface area contributed by atoms with E-state index >= 15 is 0 Å². The Morgan fingerprint density at radius 3 is 2.39 bits per heavy atom. The highest BCUT2D eigenvalue weighted by atomic mass is 19.4. The van der Waals surface area contributed by atoms with Gasteiger partial charge in [-0.05, 0) is 24.5 Å². The molecule has 1 aromatic rings. The van der Waals surface area contributed by atoms with Crippen molar-refractivity contribution in [2.75, 3.05) is 44.6 Å². The van der Waals surface area contributed by atoms with Crippen molar-refractivity contribution in [3.63, 3.8) is 0 Å². The Morgan fingerprint density at radius 2 is 1.77 bits per heavy atom. The molecule has 0 aliphatic carbocycles. The Hall–Kier alpha value is -2.29. The van der Waals surface area contributed by atoms with Gasteiger partial charge >= 0.3 is 12.2 Å². The van der Waals surface area contributed by atoms with Gasteiger partial charge in [0.15, 0.2) is 0 Å². The largest absolute Gasteiger partial charge is 0.418 e. The summed E-state index contributed by atoms with van der Waals surface area (Å²) in [5.74, 6) is -0.0234. The number of nitrogens with zero attached hydrogens (tertiary/aromatic N) is 2. The van der Waals surface area contributed by atoms with E-state index < -0.39 is 17.6 Å². The van der Waals surface area contributed by atoms with Gasteiger partial charge in [0, 0.05) is 32.7 Å². The molecule has 2 N–H and O–H groups in total. The lowest BCUT2D eigenvalue weighted by Crippen LogP contribution is -2.53. The van der Waals surface area contributed by atoms with Crippen LogP contribution < -0.4 is 10.6 Å². The molecule has 1 atom stereocenters. The third-order valence-corrected chi connectivity index (χ3v) is 5.62. The first kappa shape index (κ1) is 25.0. The van der Waals surface area contributed by atoms with Crippen LogP contribution in [0.25, 0.3) is 0 Å². The number of amides is 3. The third-order valence-electron chi connectivity index (χ3n) is 5.62. The fourth-order valence-electron chi connectivity index (χ4n) is 3.63. The Bertz CT molecular complexity index is 719. The zero-order valence-electron chi connectivity index (χ0n) is 18.3. The normalized spacial score (nSPS) is 16.1. The van der Waals surface area contributed by atoms with E-state index in [4.69, 9.17) is 0 Å². The number of rotatable bonds is 9. The van der Waals surface area contributed by atoms with E-state index in [1.54, 1.807) is 4.90 Å². The van der Waals surface area contributed by atoms with Crippen LogP contribution in [0.2, 0.25) is 0 Å². The standard InChI is InChI=1S/C22H33F3N4O2/c1-3-5-8-17(4-2)15-26-21(31)29-13-11-28(12-14-29)16-20(30)27-19-10-7-6-9-18(19)22(23,24)25/h6-7,9-10,17H,3-5,8,11-16H2,1-2H3,(H,26,31)(H,27,30). The monoisotopic (exact) mass is 442 g/mol. The van der Waals surface area contributed by atoms with Crippen molar-refractivity contribution >= 4 is 17.6 Å². The molecule has 1 unspecified atom stereocenters. The van der Waals surface area contributed by atoms with E-state index in [1.807, 2.05) is 4.90 Å². The van der Waals surface area contributed by atoms with E-state index in [0.717, 1.165) is 31.7 Å². The van der Waals surface area contributed by atoms with Crippen LogP contribution in [0, 0.1) is 5.92 Å². The average molecular weight is 443 g/mol. The second-order valence-corrected chi connectivity index (χ2v) is 7.96. The highest BCUT2D eigenvalue weighted by Crippen LogP contribution is 2.34. The summed E-state index contributed by atoms with van der Waals surface area (Å²) in [5.41, 5.74) is -1.11. The molecule has 2 rings (SSSR count). The lowest BCUT2D eigenvalue weighted by Gasteiger charge is -2.34. The minimum Gasteiger partial charge on any atom is -0.338 e. The molecule has 1 fully saturated rings. The molecule has 9 heteroatoms. The Labute approximate surface area is 182 Å². The maximum absolute atomic E-state index is 13.1. The van der Waals surface area contributed by atoms with Crippen molar-refractivity contribution in [2.45, 2.75) is 45.7 Å². The molecule has 31 heavy (non-hydrogen) atoms. The van der Waals surface area contributed by atoms with Crippen LogP contribution in [0.4, 0.5) is 23.7 Å². The molecule has 1 aliphatic rings. The fraction of sp³-hybridized carbons (Fsp3) is 0.636. The molecule has 1 aromatic carbocycles. The van der Waals surface area contributed by atoms with Gasteiger partial charge < -0.3 is 15.5 Å². The molecular formula is C22H33F3N4O2. The highest BCUT2D eigenvalue weighted by Gasteiger charge is 2.33. The second-order valence-electron chi connectivity index (χ2n) is 7.96. The number of hydrogen-bond acceptors (Lipinski definition) is 3. The Morgan fingerprint density at radius 1 is 1.10 bits per heavy atom. The summed E-state index contributed by atoms with van der Waals surface area (Å²) in [5, 5.41) is 5.36. The highest BCUT2D eigenvalue weighted by molar-refractivity contribution is 5.93. The van der Waals surface area contributed by atoms with E-state index in [2.05, 4.69) is 24.5 Å². The number of halogens is 3. The number of hydrogen-bond donors (Lipinski definition) is 2. The third kappa shape index (κ3) is 8.05. The quantitative estimate of drug-likeness (QED) is 0.603. The number of benzene rings is 1. The summed E-state index contributed by atoms with van der Waals surface area (Å²) in [6.07, 6.45) is -0.102. The van der Waals surface area contributed by atoms with Gasteiger partial charge in [0.2, 0.25) is 5.91 Å². The summed E-state index contributed by atoms with van der Waals surface area (Å²) >= 11 is 0. The van der Waals surface area contributed by atoms with Crippen molar-refractivity contribution in [3.8, 4) is 0 Å². The topological polar surface area (TPSA) is 64.7 Å². The SMILES string of the molecule is CCCCC(CC)CNC(=O)N1CCN(CC(=O)Nc2ccccc2C(F)(F)F)CC1. The van der Waals surface area contributed by atoms with Gasteiger partial charge in [-0.25, -0.2) is 4.79 Å². The zero-order valence-corrected chi connectivity index (χ0v) is 18.3. The molecule has 1 saturated heterocycles. The molecule has 3 amide bonds. The fourth-order valence-corrected chi connectivity index (χ4v) is 3.63. The first-order chi connectivity index (χ1) is 14.7. The van der Waals surface area contributed by atoms with Crippen LogP contribution in [0.5, 0.6) is 0 Å². The molecule has 6 nitrogen and oxygen atoms in total. The van der Waals surface area contributed by atoms with E-state index in [9.17, 15) is 22.8 Å². The van der Waals surface area contributed by atoms with Crippen molar-refractivity contribution in [3.05, 3.63) is 29.8 Å². The average Bonchev–Trinajstić information content (AvgIpc) is 2.73. The summed E-state index contributed by atoms with van der Waals surface area (Å²) in [4.78, 5) is 28.2. The number of para-hydroxylation sites is 1. The number of anilines is 1. The van der Waals surface area contributed by atoms with Gasteiger partial charge in [-0.1, -0.05) is 45.2 Å². The van der Waals surface area contributed by atoms with Crippen LogP contribution in [-0.2, 0) is 11.0 Å².